The van der Waals surface area contributed by atoms with E-state index in [1.165, 1.54) is 77.0 Å². The molecular formula is C42H76NO12P. The maximum atomic E-state index is 12.6. The molecule has 0 radical (unpaired) electrons. The van der Waals surface area contributed by atoms with E-state index in [0.717, 1.165) is 32.1 Å². The molecule has 0 spiro atoms. The lowest BCUT2D eigenvalue weighted by Gasteiger charge is -2.20. The Morgan fingerprint density at radius 2 is 1.12 bits per heavy atom. The third kappa shape index (κ3) is 34.8. The number of aliphatic hydroxyl groups excluding tert-OH is 2. The van der Waals surface area contributed by atoms with Gasteiger partial charge >= 0.3 is 25.7 Å². The van der Waals surface area contributed by atoms with E-state index in [2.05, 4.69) is 36.6 Å². The monoisotopic (exact) mass is 818 g/mol. The van der Waals surface area contributed by atoms with Gasteiger partial charge < -0.3 is 35.4 Å². The van der Waals surface area contributed by atoms with Gasteiger partial charge in [0.2, 0.25) is 0 Å². The molecule has 6 N–H and O–H groups in total. The molecule has 0 saturated carbocycles. The number of esters is 2. The molecule has 0 aromatic rings. The van der Waals surface area contributed by atoms with Crippen molar-refractivity contribution in [1.82, 2.24) is 0 Å². The van der Waals surface area contributed by atoms with Crippen LogP contribution in [-0.4, -0.2) is 82.3 Å². The summed E-state index contributed by atoms with van der Waals surface area (Å²) in [6, 6.07) is -1.57. The van der Waals surface area contributed by atoms with E-state index in [9.17, 15) is 34.1 Å². The molecule has 0 aliphatic carbocycles. The SMILES string of the molecule is CCCCC/C=C\C/C=C\C/C=C\CC(O)C(O)CCCC(=O)O[C@H](COC(=O)CCCCCCCCCCCCCCC)COP(=O)(O)OC[C@H](N)C(=O)O. The number of aliphatic hydroxyl groups is 2. The van der Waals surface area contributed by atoms with E-state index in [1.807, 2.05) is 12.2 Å². The number of carbonyl (C=O) groups is 3. The van der Waals surface area contributed by atoms with Crippen molar-refractivity contribution < 1.29 is 57.7 Å². The third-order valence-electron chi connectivity index (χ3n) is 9.09. The Labute approximate surface area is 337 Å². The lowest BCUT2D eigenvalue weighted by molar-refractivity contribution is -0.161. The zero-order chi connectivity index (χ0) is 41.7. The van der Waals surface area contributed by atoms with Gasteiger partial charge in [0.1, 0.15) is 12.6 Å². The third-order valence-corrected chi connectivity index (χ3v) is 10.0. The molecule has 3 unspecified atom stereocenters. The minimum absolute atomic E-state index is 0.118. The first-order valence-electron chi connectivity index (χ1n) is 21.2. The van der Waals surface area contributed by atoms with Crippen LogP contribution in [-0.2, 0) is 37.5 Å². The Morgan fingerprint density at radius 1 is 0.625 bits per heavy atom. The fourth-order valence-corrected chi connectivity index (χ4v) is 6.36. The Kier molecular flexibility index (Phi) is 35.4. The average Bonchev–Trinajstić information content (AvgIpc) is 3.16. The highest BCUT2D eigenvalue weighted by Crippen LogP contribution is 2.43. The van der Waals surface area contributed by atoms with E-state index in [-0.39, 0.29) is 32.1 Å². The van der Waals surface area contributed by atoms with Crippen LogP contribution in [0.1, 0.15) is 168 Å². The minimum Gasteiger partial charge on any atom is -0.480 e. The molecule has 326 valence electrons. The van der Waals surface area contributed by atoms with Crippen LogP contribution in [0.15, 0.2) is 36.5 Å². The van der Waals surface area contributed by atoms with Crippen LogP contribution in [0.5, 0.6) is 0 Å². The number of phosphoric ester groups is 1. The van der Waals surface area contributed by atoms with E-state index in [1.54, 1.807) is 6.08 Å². The van der Waals surface area contributed by atoms with Crippen LogP contribution < -0.4 is 5.73 Å². The Morgan fingerprint density at radius 3 is 1.71 bits per heavy atom. The van der Waals surface area contributed by atoms with Crippen molar-refractivity contribution in [3.05, 3.63) is 36.5 Å². The summed E-state index contributed by atoms with van der Waals surface area (Å²) in [5.74, 6) is -2.70. The fourth-order valence-electron chi connectivity index (χ4n) is 5.58. The van der Waals surface area contributed by atoms with E-state index < -0.39 is 69.9 Å². The predicted octanol–water partition coefficient (Wildman–Crippen LogP) is 8.78. The van der Waals surface area contributed by atoms with Gasteiger partial charge in [0, 0.05) is 12.8 Å². The summed E-state index contributed by atoms with van der Waals surface area (Å²) < 4.78 is 32.4. The van der Waals surface area contributed by atoms with Crippen LogP contribution in [0.25, 0.3) is 0 Å². The number of nitrogens with two attached hydrogens (primary N) is 1. The van der Waals surface area contributed by atoms with E-state index >= 15 is 0 Å². The van der Waals surface area contributed by atoms with Gasteiger partial charge in [-0.05, 0) is 51.4 Å². The Bertz CT molecular complexity index is 1130. The summed E-state index contributed by atoms with van der Waals surface area (Å²) in [7, 11) is -4.79. The largest absolute Gasteiger partial charge is 0.480 e. The van der Waals surface area contributed by atoms with Crippen LogP contribution in [0.4, 0.5) is 0 Å². The van der Waals surface area contributed by atoms with Gasteiger partial charge in [-0.3, -0.25) is 23.4 Å². The number of hydrogen-bond acceptors (Lipinski definition) is 11. The first kappa shape index (κ1) is 53.6. The van der Waals surface area contributed by atoms with Gasteiger partial charge in [-0.2, -0.15) is 0 Å². The topological polar surface area (TPSA) is 212 Å². The van der Waals surface area contributed by atoms with Crippen molar-refractivity contribution in [3.8, 4) is 0 Å². The van der Waals surface area contributed by atoms with Crippen LogP contribution in [0.3, 0.4) is 0 Å². The van der Waals surface area contributed by atoms with E-state index in [4.69, 9.17) is 24.8 Å². The van der Waals surface area contributed by atoms with Crippen molar-refractivity contribution >= 4 is 25.7 Å². The second-order valence-corrected chi connectivity index (χ2v) is 15.9. The summed E-state index contributed by atoms with van der Waals surface area (Å²) in [6.07, 6.45) is 31.0. The smallest absolute Gasteiger partial charge is 0.472 e. The van der Waals surface area contributed by atoms with Crippen molar-refractivity contribution in [3.63, 3.8) is 0 Å². The summed E-state index contributed by atoms with van der Waals surface area (Å²) in [4.78, 5) is 45.9. The summed E-state index contributed by atoms with van der Waals surface area (Å²) in [5.41, 5.74) is 5.31. The first-order valence-corrected chi connectivity index (χ1v) is 22.7. The number of carbonyl (C=O) groups excluding carboxylic acids is 2. The van der Waals surface area contributed by atoms with Crippen LogP contribution >= 0.6 is 7.82 Å². The zero-order valence-electron chi connectivity index (χ0n) is 34.4. The molecule has 0 rings (SSSR count). The molecular weight excluding hydrogens is 741 g/mol. The van der Waals surface area contributed by atoms with Gasteiger partial charge in [0.25, 0.3) is 0 Å². The summed E-state index contributed by atoms with van der Waals surface area (Å²) in [5, 5.41) is 29.6. The van der Waals surface area contributed by atoms with Crippen LogP contribution in [0, 0.1) is 0 Å². The molecule has 13 nitrogen and oxygen atoms in total. The highest BCUT2D eigenvalue weighted by atomic mass is 31.2. The van der Waals surface area contributed by atoms with Crippen molar-refractivity contribution in [1.29, 1.82) is 0 Å². The predicted molar refractivity (Wildman–Crippen MR) is 220 cm³/mol. The molecule has 0 aliphatic heterocycles. The molecule has 0 aromatic heterocycles. The quantitative estimate of drug-likeness (QED) is 0.0170. The minimum atomic E-state index is -4.79. The summed E-state index contributed by atoms with van der Waals surface area (Å²) >= 11 is 0. The van der Waals surface area contributed by atoms with Crippen LogP contribution in [0.2, 0.25) is 0 Å². The number of ether oxygens (including phenoxy) is 2. The van der Waals surface area contributed by atoms with Gasteiger partial charge in [-0.25, -0.2) is 4.57 Å². The molecule has 0 aromatic carbocycles. The molecule has 0 saturated heterocycles. The zero-order valence-corrected chi connectivity index (χ0v) is 35.3. The maximum absolute atomic E-state index is 12.6. The van der Waals surface area contributed by atoms with Gasteiger partial charge in [0.05, 0.1) is 25.4 Å². The maximum Gasteiger partial charge on any atom is 0.472 e. The number of carboxylic acid groups (broad SMARTS) is 1. The second kappa shape index (κ2) is 36.9. The molecule has 56 heavy (non-hydrogen) atoms. The van der Waals surface area contributed by atoms with Crippen molar-refractivity contribution in [2.24, 2.45) is 5.73 Å². The lowest BCUT2D eigenvalue weighted by Crippen LogP contribution is -2.34. The highest BCUT2D eigenvalue weighted by molar-refractivity contribution is 7.47. The number of phosphoric acid groups is 1. The Balaban J connectivity index is 4.64. The van der Waals surface area contributed by atoms with Crippen molar-refractivity contribution in [2.75, 3.05) is 19.8 Å². The van der Waals surface area contributed by atoms with Gasteiger partial charge in [-0.1, -0.05) is 140 Å². The molecule has 0 bridgehead atoms. The normalized spacial score (nSPS) is 15.2. The number of unbranched alkanes of at least 4 members (excludes halogenated alkanes) is 15. The molecule has 0 heterocycles. The standard InChI is InChI=1S/C42H76NO12P/c1-3-5-7-9-11-13-15-17-19-21-23-25-27-31-40(46)52-33-36(34-53-56(50,51)54-35-37(43)42(48)49)55-41(47)32-28-30-39(45)38(44)29-26-24-22-20-18-16-14-12-10-8-6-4-2/h12,14,18,20,24,26,36-39,44-45H,3-11,13,15-17,19,21-23,25,27-35,43H2,1-2H3,(H,48,49)(H,50,51)/b14-12-,20-18-,26-24-/t36-,37+,38?,39?/m1/s1. The average molecular weight is 818 g/mol. The molecule has 14 heteroatoms. The second-order valence-electron chi connectivity index (χ2n) is 14.4. The lowest BCUT2D eigenvalue weighted by atomic mass is 10.0. The number of hydrogen-bond donors (Lipinski definition) is 5. The number of aliphatic carboxylic acids is 1. The number of carboxylic acids is 1. The fraction of sp³-hybridized carbons (Fsp3) is 0.786. The molecule has 0 amide bonds. The molecule has 0 fully saturated rings. The molecule has 0 aliphatic rings. The highest BCUT2D eigenvalue weighted by Gasteiger charge is 2.28. The summed E-state index contributed by atoms with van der Waals surface area (Å²) in [6.45, 7) is 2.47. The van der Waals surface area contributed by atoms with Gasteiger partial charge in [-0.15, -0.1) is 0 Å². The van der Waals surface area contributed by atoms with Crippen molar-refractivity contribution in [2.45, 2.75) is 192 Å². The van der Waals surface area contributed by atoms with Gasteiger partial charge in [0.15, 0.2) is 6.10 Å². The molecule has 5 atom stereocenters. The first-order chi connectivity index (χ1) is 26.9. The Hall–Kier alpha value is -2.38. The van der Waals surface area contributed by atoms with E-state index in [0.29, 0.717) is 12.8 Å². The number of rotatable bonds is 39. The number of allylic oxidation sites excluding steroid dienone is 5.